The maximum absolute atomic E-state index is 10.6. The van der Waals surface area contributed by atoms with Crippen molar-refractivity contribution in [3.05, 3.63) is 0 Å². The molecule has 11 heteroatoms. The molecule has 1 spiro atoms. The summed E-state index contributed by atoms with van der Waals surface area (Å²) >= 11 is 0. The van der Waals surface area contributed by atoms with Crippen molar-refractivity contribution in [3.8, 4) is 0 Å². The molecule has 5 aliphatic rings. The van der Waals surface area contributed by atoms with E-state index in [1.807, 2.05) is 0 Å². The summed E-state index contributed by atoms with van der Waals surface area (Å²) in [7, 11) is 0. The lowest BCUT2D eigenvalue weighted by Crippen LogP contribution is -3.03. The molecule has 0 aromatic heterocycles. The number of aliphatic hydroxyl groups is 6. The molecule has 4 fully saturated rings. The van der Waals surface area contributed by atoms with Crippen LogP contribution in [0, 0.1) is 5.92 Å². The van der Waals surface area contributed by atoms with Gasteiger partial charge in [0, 0.05) is 0 Å². The predicted octanol–water partition coefficient (Wildman–Crippen LogP) is -7.44. The number of ether oxygens (including phenoxy) is 2. The van der Waals surface area contributed by atoms with Gasteiger partial charge in [-0.3, -0.25) is 16.0 Å². The zero-order valence-corrected chi connectivity index (χ0v) is 11.2. The number of nitrogens with one attached hydrogen (secondary N) is 2. The van der Waals surface area contributed by atoms with Crippen molar-refractivity contribution >= 4 is 5.96 Å². The lowest BCUT2D eigenvalue weighted by Gasteiger charge is -2.69. The number of hydrogen-bond acceptors (Lipinski definition) is 10. The lowest BCUT2D eigenvalue weighted by atomic mass is 9.55. The number of aliphatic hydroxyl groups excluding tert-OH is 4. The molecule has 9 atom stereocenters. The van der Waals surface area contributed by atoms with Crippen LogP contribution in [0.2, 0.25) is 0 Å². The Morgan fingerprint density at radius 2 is 1.82 bits per heavy atom. The van der Waals surface area contributed by atoms with E-state index in [2.05, 4.69) is 10.3 Å². The van der Waals surface area contributed by atoms with Crippen LogP contribution >= 0.6 is 0 Å². The van der Waals surface area contributed by atoms with Crippen LogP contribution < -0.4 is 16.0 Å². The standard InChI is InChI=1S/C11H17N3O8/c12-8-13-6(17)2-4-9(19,1-15)5-3(16)10(2,14-8)7(18)11(20,21-4)22-5/h2-7,15-20H,1H2,(H3,12,13,14)/p+1/t2-,3+,4-,5+,6-,7+,9+,10-,11+/m1/s1. The lowest BCUT2D eigenvalue weighted by molar-refractivity contribution is -0.621. The highest BCUT2D eigenvalue weighted by Gasteiger charge is 2.84. The van der Waals surface area contributed by atoms with Crippen molar-refractivity contribution in [2.75, 3.05) is 6.61 Å². The molecule has 10 N–H and O–H groups in total. The molecule has 0 aromatic rings. The van der Waals surface area contributed by atoms with Crippen LogP contribution in [-0.4, -0.2) is 91.0 Å². The molecule has 4 bridgehead atoms. The summed E-state index contributed by atoms with van der Waals surface area (Å²) in [6.45, 7) is -0.843. The Morgan fingerprint density at radius 1 is 1.18 bits per heavy atom. The van der Waals surface area contributed by atoms with Gasteiger partial charge < -0.3 is 40.1 Å². The van der Waals surface area contributed by atoms with Crippen molar-refractivity contribution in [1.29, 1.82) is 0 Å². The fraction of sp³-hybridized carbons (Fsp3) is 0.909. The van der Waals surface area contributed by atoms with E-state index in [0.29, 0.717) is 0 Å². The van der Waals surface area contributed by atoms with Gasteiger partial charge in [0.05, 0.1) is 12.5 Å². The molecule has 0 amide bonds. The highest BCUT2D eigenvalue weighted by Crippen LogP contribution is 2.57. The topological polar surface area (TPSA) is 192 Å². The quantitative estimate of drug-likeness (QED) is 0.224. The van der Waals surface area contributed by atoms with Gasteiger partial charge >= 0.3 is 11.9 Å². The van der Waals surface area contributed by atoms with Gasteiger partial charge in [-0.05, 0) is 0 Å². The van der Waals surface area contributed by atoms with E-state index in [1.165, 1.54) is 0 Å². The summed E-state index contributed by atoms with van der Waals surface area (Å²) < 4.78 is 10.3. The second kappa shape index (κ2) is 3.88. The van der Waals surface area contributed by atoms with E-state index >= 15 is 0 Å². The van der Waals surface area contributed by atoms with Crippen molar-refractivity contribution < 1.29 is 45.1 Å². The molecule has 124 valence electrons. The molecule has 1 saturated carbocycles. The van der Waals surface area contributed by atoms with Crippen LogP contribution in [0.3, 0.4) is 0 Å². The molecular formula is C11H18N3O8+. The minimum Gasteiger partial charge on any atom is -0.393 e. The summed E-state index contributed by atoms with van der Waals surface area (Å²) in [5, 5.41) is 64.5. The van der Waals surface area contributed by atoms with Gasteiger partial charge in [0.15, 0.2) is 17.9 Å². The average Bonchev–Trinajstić information content (AvgIpc) is 2.45. The van der Waals surface area contributed by atoms with E-state index < -0.39 is 60.3 Å². The van der Waals surface area contributed by atoms with Crippen LogP contribution in [0.5, 0.6) is 0 Å². The number of hydrogen-bond donors (Lipinski definition) is 9. The Kier molecular flexibility index (Phi) is 2.57. The van der Waals surface area contributed by atoms with Crippen LogP contribution in [0.25, 0.3) is 0 Å². The third-order valence-corrected chi connectivity index (χ3v) is 5.28. The first kappa shape index (κ1) is 14.5. The fourth-order valence-corrected chi connectivity index (χ4v) is 4.30. The van der Waals surface area contributed by atoms with E-state index in [-0.39, 0.29) is 5.96 Å². The molecular weight excluding hydrogens is 302 g/mol. The van der Waals surface area contributed by atoms with Gasteiger partial charge in [0.25, 0.3) is 0 Å². The Hall–Kier alpha value is -1.05. The summed E-state index contributed by atoms with van der Waals surface area (Å²) in [5.74, 6) is -3.75. The third-order valence-electron chi connectivity index (χ3n) is 5.28. The van der Waals surface area contributed by atoms with Gasteiger partial charge in [-0.15, -0.1) is 0 Å². The molecule has 3 saturated heterocycles. The molecule has 22 heavy (non-hydrogen) atoms. The fourth-order valence-electron chi connectivity index (χ4n) is 4.30. The molecule has 0 unspecified atom stereocenters. The van der Waals surface area contributed by atoms with E-state index in [1.54, 1.807) is 0 Å². The van der Waals surface area contributed by atoms with Gasteiger partial charge in [-0.25, -0.2) is 0 Å². The van der Waals surface area contributed by atoms with Crippen molar-refractivity contribution in [2.45, 2.75) is 47.8 Å². The first-order chi connectivity index (χ1) is 10.2. The van der Waals surface area contributed by atoms with Crippen LogP contribution in [0.4, 0.5) is 0 Å². The molecule has 4 aliphatic heterocycles. The van der Waals surface area contributed by atoms with Crippen LogP contribution in [0.15, 0.2) is 0 Å². The smallest absolute Gasteiger partial charge is 0.343 e. The summed E-state index contributed by atoms with van der Waals surface area (Å²) in [6, 6.07) is 0. The first-order valence-electron chi connectivity index (χ1n) is 6.83. The highest BCUT2D eigenvalue weighted by atomic mass is 16.9. The monoisotopic (exact) mass is 320 g/mol. The maximum atomic E-state index is 10.6. The van der Waals surface area contributed by atoms with Gasteiger partial charge in [0.2, 0.25) is 0 Å². The summed E-state index contributed by atoms with van der Waals surface area (Å²) in [5.41, 5.74) is 1.84. The Bertz CT molecular complexity index is 561. The zero-order valence-electron chi connectivity index (χ0n) is 11.2. The Labute approximate surface area is 123 Å². The first-order valence-corrected chi connectivity index (χ1v) is 6.83. The number of nitrogens with two attached hydrogens (primary N) is 1. The zero-order chi connectivity index (χ0) is 16.1. The molecule has 11 nitrogen and oxygen atoms in total. The van der Waals surface area contributed by atoms with Crippen molar-refractivity contribution in [2.24, 2.45) is 11.7 Å². The summed E-state index contributed by atoms with van der Waals surface area (Å²) in [4.78, 5) is 2.47. The van der Waals surface area contributed by atoms with E-state index in [4.69, 9.17) is 15.2 Å². The Morgan fingerprint density at radius 3 is 2.45 bits per heavy atom. The van der Waals surface area contributed by atoms with E-state index in [0.717, 1.165) is 0 Å². The third kappa shape index (κ3) is 1.28. The molecule has 4 heterocycles. The summed E-state index contributed by atoms with van der Waals surface area (Å²) in [6.07, 6.45) is -7.56. The number of rotatable bonds is 1. The SMILES string of the molecule is NC1=[NH+][C@H](O)[C@H]2[C@H]3O[C@]4(O)O[C@@H]([C@H](O)[C@@]2(N1)[C@@H]4O)[C@]3(O)CO. The maximum Gasteiger partial charge on any atom is 0.343 e. The second-order valence-corrected chi connectivity index (χ2v) is 6.29. The Balaban J connectivity index is 1.95. The van der Waals surface area contributed by atoms with E-state index in [9.17, 15) is 30.6 Å². The van der Waals surface area contributed by atoms with Crippen LogP contribution in [0.1, 0.15) is 0 Å². The average molecular weight is 320 g/mol. The normalized spacial score (nSPS) is 62.4. The highest BCUT2D eigenvalue weighted by molar-refractivity contribution is 5.74. The minimum atomic E-state index is -2.50. The predicted molar refractivity (Wildman–Crippen MR) is 64.3 cm³/mol. The second-order valence-electron chi connectivity index (χ2n) is 6.29. The van der Waals surface area contributed by atoms with Gasteiger partial charge in [-0.1, -0.05) is 0 Å². The molecule has 0 aromatic carbocycles. The molecule has 0 radical (unpaired) electrons. The number of guanidine groups is 1. The van der Waals surface area contributed by atoms with Crippen molar-refractivity contribution in [1.82, 2.24) is 5.32 Å². The minimum absolute atomic E-state index is 0.125. The van der Waals surface area contributed by atoms with Gasteiger partial charge in [0.1, 0.15) is 23.9 Å². The van der Waals surface area contributed by atoms with Crippen LogP contribution in [-0.2, 0) is 9.47 Å². The van der Waals surface area contributed by atoms with Gasteiger partial charge in [-0.2, -0.15) is 0 Å². The van der Waals surface area contributed by atoms with Crippen molar-refractivity contribution in [3.63, 3.8) is 0 Å². The largest absolute Gasteiger partial charge is 0.393 e. The molecule has 1 aliphatic carbocycles. The molecule has 5 rings (SSSR count).